The number of amides is 2. The highest BCUT2D eigenvalue weighted by molar-refractivity contribution is 7.69. The van der Waals surface area contributed by atoms with E-state index < -0.39 is 21.4 Å². The van der Waals surface area contributed by atoms with Gasteiger partial charge in [0.05, 0.1) is 37.6 Å². The van der Waals surface area contributed by atoms with Gasteiger partial charge in [-0.1, -0.05) is 12.1 Å². The van der Waals surface area contributed by atoms with Gasteiger partial charge in [0.1, 0.15) is 5.40 Å². The lowest BCUT2D eigenvalue weighted by molar-refractivity contribution is 0.0652. The molecule has 1 aliphatic rings. The monoisotopic (exact) mass is 459 g/mol. The average Bonchev–Trinajstić information content (AvgIpc) is 2.96. The van der Waals surface area contributed by atoms with Gasteiger partial charge in [-0.2, -0.15) is 0 Å². The average molecular weight is 459 g/mol. The molecule has 1 aliphatic heterocycles. The predicted molar refractivity (Wildman–Crippen MR) is 116 cm³/mol. The zero-order valence-electron chi connectivity index (χ0n) is 18.0. The van der Waals surface area contributed by atoms with E-state index in [1.54, 1.807) is 38.1 Å². The molecule has 0 saturated carbocycles. The number of imide groups is 1. The van der Waals surface area contributed by atoms with Gasteiger partial charge in [-0.05, 0) is 52.7 Å². The predicted octanol–water partition coefficient (Wildman–Crippen LogP) is 5.04. The minimum atomic E-state index is -3.50. The summed E-state index contributed by atoms with van der Waals surface area (Å²) in [5.74, 6) is -0.608. The van der Waals surface area contributed by atoms with Gasteiger partial charge in [0.25, 0.3) is 11.8 Å². The van der Waals surface area contributed by atoms with Crippen LogP contribution in [0.2, 0.25) is 0 Å². The van der Waals surface area contributed by atoms with E-state index in [0.29, 0.717) is 37.2 Å². The van der Waals surface area contributed by atoms with Crippen LogP contribution >= 0.6 is 16.0 Å². The third-order valence-corrected chi connectivity index (χ3v) is 9.87. The Morgan fingerprint density at radius 2 is 1.40 bits per heavy atom. The number of benzene rings is 1. The van der Waals surface area contributed by atoms with Crippen molar-refractivity contribution in [1.82, 2.24) is 4.90 Å². The molecule has 2 amide bonds. The summed E-state index contributed by atoms with van der Waals surface area (Å²) >= 11 is 0. The van der Waals surface area contributed by atoms with Crippen molar-refractivity contribution in [2.45, 2.75) is 45.9 Å². The first kappa shape index (κ1) is 25.1. The molecule has 1 atom stereocenters. The zero-order valence-corrected chi connectivity index (χ0v) is 19.8. The molecule has 8 nitrogen and oxygen atoms in total. The molecule has 0 saturated heterocycles. The molecule has 168 valence electrons. The van der Waals surface area contributed by atoms with Gasteiger partial charge < -0.3 is 18.1 Å². The fraction of sp³-hybridized carbons (Fsp3) is 0.600. The number of hydrogen-bond donors (Lipinski definition) is 0. The Morgan fingerprint density at radius 1 is 0.900 bits per heavy atom. The van der Waals surface area contributed by atoms with Crippen LogP contribution < -0.4 is 0 Å². The molecule has 1 unspecified atom stereocenters. The topological polar surface area (TPSA) is 91.4 Å². The molecule has 0 bridgehead atoms. The Morgan fingerprint density at radius 3 is 1.83 bits per heavy atom. The molecule has 0 radical (unpaired) electrons. The van der Waals surface area contributed by atoms with Crippen LogP contribution in [0.4, 0.5) is 0 Å². The van der Waals surface area contributed by atoms with E-state index in [1.165, 1.54) is 4.90 Å². The number of nitrogens with zero attached hydrogens (tertiary/aromatic N) is 1. The molecule has 1 aromatic rings. The van der Waals surface area contributed by atoms with Crippen molar-refractivity contribution in [3.05, 3.63) is 35.4 Å². The number of carbonyl (C=O) groups is 2. The van der Waals surface area contributed by atoms with Crippen molar-refractivity contribution in [1.29, 1.82) is 0 Å². The van der Waals surface area contributed by atoms with Crippen molar-refractivity contribution < 1.29 is 32.2 Å². The summed E-state index contributed by atoms with van der Waals surface area (Å²) in [4.78, 5) is 26.4. The standard InChI is InChI=1S/C20H31NO7P2/c1-5-25-29(26-6-2)18(30(24,27-7-3)28-8-4)14-11-15-21-19(22)16-12-9-10-13-17(16)20(21)23/h9-10,12-13,18H,5-8,11,14-15H2,1-4H3. The molecule has 0 fully saturated rings. The number of fused-ring (bicyclic) bond motifs is 1. The summed E-state index contributed by atoms with van der Waals surface area (Å²) in [7, 11) is -5.03. The molecule has 30 heavy (non-hydrogen) atoms. The third kappa shape index (κ3) is 5.76. The Hall–Kier alpha value is -1.14. The van der Waals surface area contributed by atoms with Crippen molar-refractivity contribution in [3.8, 4) is 0 Å². The van der Waals surface area contributed by atoms with Crippen LogP contribution in [-0.4, -0.2) is 55.1 Å². The summed E-state index contributed by atoms with van der Waals surface area (Å²) in [5.41, 5.74) is 0.832. The van der Waals surface area contributed by atoms with Gasteiger partial charge >= 0.3 is 7.60 Å². The van der Waals surface area contributed by atoms with Gasteiger partial charge in [-0.25, -0.2) is 0 Å². The van der Waals surface area contributed by atoms with Crippen molar-refractivity contribution in [2.75, 3.05) is 33.0 Å². The van der Waals surface area contributed by atoms with Gasteiger partial charge in [0.2, 0.25) is 0 Å². The highest BCUT2D eigenvalue weighted by Crippen LogP contribution is 2.67. The first-order valence-electron chi connectivity index (χ1n) is 10.3. The zero-order chi connectivity index (χ0) is 22.1. The van der Waals surface area contributed by atoms with Crippen LogP contribution in [0.3, 0.4) is 0 Å². The Kier molecular flexibility index (Phi) is 10.1. The largest absolute Gasteiger partial charge is 0.342 e. The van der Waals surface area contributed by atoms with Crippen LogP contribution in [0.25, 0.3) is 0 Å². The quantitative estimate of drug-likeness (QED) is 0.284. The fourth-order valence-electron chi connectivity index (χ4n) is 3.29. The van der Waals surface area contributed by atoms with E-state index >= 15 is 0 Å². The molecule has 1 aromatic carbocycles. The van der Waals surface area contributed by atoms with Gasteiger partial charge in [-0.3, -0.25) is 19.1 Å². The van der Waals surface area contributed by atoms with Gasteiger partial charge in [0, 0.05) is 6.54 Å². The lowest BCUT2D eigenvalue weighted by atomic mass is 10.1. The summed E-state index contributed by atoms with van der Waals surface area (Å²) in [5, 5.41) is -0.609. The molecule has 1 heterocycles. The fourth-order valence-corrected chi connectivity index (χ4v) is 7.97. The second-order valence-corrected chi connectivity index (χ2v) is 10.8. The molecule has 2 rings (SSSR count). The number of carbonyl (C=O) groups excluding carboxylic acids is 2. The Labute approximate surface area is 179 Å². The van der Waals surface area contributed by atoms with Crippen LogP contribution in [0.5, 0.6) is 0 Å². The first-order chi connectivity index (χ1) is 14.4. The molecule has 0 spiro atoms. The molecular formula is C20H31NO7P2. The SMILES string of the molecule is CCOP(OCC)C(CCCN1C(=O)c2ccccc2C1=O)P(=O)(OCC)OCC. The molecule has 10 heteroatoms. The van der Waals surface area contributed by atoms with Crippen molar-refractivity contribution in [2.24, 2.45) is 0 Å². The molecular weight excluding hydrogens is 428 g/mol. The van der Waals surface area contributed by atoms with Crippen LogP contribution in [-0.2, 0) is 22.7 Å². The first-order valence-corrected chi connectivity index (χ1v) is 13.2. The summed E-state index contributed by atoms with van der Waals surface area (Å²) in [6.45, 7) is 8.67. The molecule has 0 N–H and O–H groups in total. The van der Waals surface area contributed by atoms with E-state index in [1.807, 2.05) is 13.8 Å². The number of rotatable bonds is 14. The molecule has 0 aromatic heterocycles. The van der Waals surface area contributed by atoms with Crippen LogP contribution in [0, 0.1) is 0 Å². The smallest absolute Gasteiger partial charge is 0.334 e. The highest BCUT2D eigenvalue weighted by atomic mass is 31.2. The van der Waals surface area contributed by atoms with E-state index in [9.17, 15) is 14.2 Å². The maximum atomic E-state index is 13.5. The van der Waals surface area contributed by atoms with E-state index in [0.717, 1.165) is 0 Å². The summed E-state index contributed by atoms with van der Waals surface area (Å²) in [6.07, 6.45) is 0.801. The maximum Gasteiger partial charge on any atom is 0.342 e. The van der Waals surface area contributed by atoms with E-state index in [2.05, 4.69) is 0 Å². The third-order valence-electron chi connectivity index (χ3n) is 4.46. The van der Waals surface area contributed by atoms with Crippen LogP contribution in [0.1, 0.15) is 61.3 Å². The Bertz CT molecular complexity index is 722. The second-order valence-electron chi connectivity index (χ2n) is 6.43. The molecule has 0 aliphatic carbocycles. The van der Waals surface area contributed by atoms with Gasteiger partial charge in [-0.15, -0.1) is 0 Å². The lowest BCUT2D eigenvalue weighted by Gasteiger charge is -2.31. The van der Waals surface area contributed by atoms with Crippen molar-refractivity contribution in [3.63, 3.8) is 0 Å². The minimum absolute atomic E-state index is 0.211. The number of hydrogen-bond acceptors (Lipinski definition) is 7. The van der Waals surface area contributed by atoms with Gasteiger partial charge in [0.15, 0.2) is 8.38 Å². The lowest BCUT2D eigenvalue weighted by Crippen LogP contribution is -2.31. The van der Waals surface area contributed by atoms with Crippen molar-refractivity contribution >= 4 is 27.8 Å². The highest BCUT2D eigenvalue weighted by Gasteiger charge is 2.43. The Balaban J connectivity index is 2.15. The van der Waals surface area contributed by atoms with Crippen LogP contribution in [0.15, 0.2) is 24.3 Å². The van der Waals surface area contributed by atoms with E-state index in [-0.39, 0.29) is 31.6 Å². The summed E-state index contributed by atoms with van der Waals surface area (Å²) < 4.78 is 36.2. The normalized spacial score (nSPS) is 15.2. The van der Waals surface area contributed by atoms with E-state index in [4.69, 9.17) is 18.1 Å². The maximum absolute atomic E-state index is 13.5. The minimum Gasteiger partial charge on any atom is -0.334 e. The summed E-state index contributed by atoms with van der Waals surface area (Å²) in [6, 6.07) is 6.78. The second kappa shape index (κ2) is 12.0.